The summed E-state index contributed by atoms with van der Waals surface area (Å²) < 4.78 is 7.81. The molecule has 0 radical (unpaired) electrons. The quantitative estimate of drug-likeness (QED) is 0.911. The predicted octanol–water partition coefficient (Wildman–Crippen LogP) is 2.89. The summed E-state index contributed by atoms with van der Waals surface area (Å²) in [5.74, 6) is 0.852. The van der Waals surface area contributed by atoms with Crippen LogP contribution in [0.5, 0.6) is 5.75 Å². The van der Waals surface area contributed by atoms with Crippen molar-refractivity contribution in [3.63, 3.8) is 0 Å². The first-order chi connectivity index (χ1) is 9.51. The number of ether oxygens (including phenoxy) is 1. The van der Waals surface area contributed by atoms with Gasteiger partial charge in [-0.15, -0.1) is 0 Å². The molecule has 1 aromatic carbocycles. The largest absolute Gasteiger partial charge is 0.487 e. The van der Waals surface area contributed by atoms with Crippen LogP contribution in [0.2, 0.25) is 0 Å². The molecule has 0 aliphatic carbocycles. The summed E-state index contributed by atoms with van der Waals surface area (Å²) in [5.41, 5.74) is 10.4. The monoisotopic (exact) mass is 273 g/mol. The molecule has 0 aliphatic heterocycles. The van der Waals surface area contributed by atoms with E-state index in [9.17, 15) is 0 Å². The second-order valence-corrected chi connectivity index (χ2v) is 5.22. The van der Waals surface area contributed by atoms with E-state index in [2.05, 4.69) is 31.1 Å². The van der Waals surface area contributed by atoms with Crippen LogP contribution in [-0.4, -0.2) is 9.78 Å². The Kier molecular flexibility index (Phi) is 4.45. The van der Waals surface area contributed by atoms with Crippen molar-refractivity contribution in [1.29, 1.82) is 0 Å². The molecule has 0 aliphatic rings. The molecule has 20 heavy (non-hydrogen) atoms. The van der Waals surface area contributed by atoms with Gasteiger partial charge in [-0.3, -0.25) is 4.68 Å². The normalized spacial score (nSPS) is 12.4. The lowest BCUT2D eigenvalue weighted by molar-refractivity contribution is 0.290. The number of aryl methyl sites for hydroxylation is 3. The van der Waals surface area contributed by atoms with Crippen LogP contribution >= 0.6 is 0 Å². The number of rotatable bonds is 5. The minimum Gasteiger partial charge on any atom is -0.487 e. The molecule has 1 atom stereocenters. The average molecular weight is 273 g/mol. The van der Waals surface area contributed by atoms with Gasteiger partial charge in [0.25, 0.3) is 0 Å². The minimum atomic E-state index is -0.0392. The Morgan fingerprint density at radius 3 is 2.70 bits per heavy atom. The van der Waals surface area contributed by atoms with E-state index in [1.165, 1.54) is 5.56 Å². The highest BCUT2D eigenvalue weighted by molar-refractivity contribution is 5.38. The molecule has 0 saturated heterocycles. The van der Waals surface area contributed by atoms with E-state index in [1.807, 2.05) is 30.8 Å². The van der Waals surface area contributed by atoms with Gasteiger partial charge < -0.3 is 10.5 Å². The van der Waals surface area contributed by atoms with E-state index in [0.29, 0.717) is 6.61 Å². The van der Waals surface area contributed by atoms with Gasteiger partial charge in [0.15, 0.2) is 0 Å². The van der Waals surface area contributed by atoms with Gasteiger partial charge in [-0.25, -0.2) is 0 Å². The maximum absolute atomic E-state index is 6.01. The summed E-state index contributed by atoms with van der Waals surface area (Å²) in [4.78, 5) is 0. The predicted molar refractivity (Wildman–Crippen MR) is 80.7 cm³/mol. The molecule has 2 rings (SSSR count). The summed E-state index contributed by atoms with van der Waals surface area (Å²) in [7, 11) is 1.94. The molecule has 0 spiro atoms. The maximum Gasteiger partial charge on any atom is 0.130 e. The topological polar surface area (TPSA) is 53.1 Å². The van der Waals surface area contributed by atoms with Crippen molar-refractivity contribution in [1.82, 2.24) is 9.78 Å². The first kappa shape index (κ1) is 14.6. The van der Waals surface area contributed by atoms with E-state index < -0.39 is 0 Å². The zero-order valence-corrected chi connectivity index (χ0v) is 12.7. The molecular formula is C16H23N3O. The van der Waals surface area contributed by atoms with Crippen LogP contribution in [0.25, 0.3) is 0 Å². The van der Waals surface area contributed by atoms with Crippen molar-refractivity contribution in [2.75, 3.05) is 0 Å². The number of benzene rings is 1. The Hall–Kier alpha value is -1.81. The third-order valence-corrected chi connectivity index (χ3v) is 3.42. The lowest BCUT2D eigenvalue weighted by Gasteiger charge is -2.14. The molecule has 4 nitrogen and oxygen atoms in total. The minimum absolute atomic E-state index is 0.0392. The lowest BCUT2D eigenvalue weighted by atomic mass is 10.1. The fourth-order valence-corrected chi connectivity index (χ4v) is 2.19. The van der Waals surface area contributed by atoms with Gasteiger partial charge in [-0.2, -0.15) is 5.10 Å². The van der Waals surface area contributed by atoms with Crippen LogP contribution < -0.4 is 10.5 Å². The molecule has 0 fully saturated rings. The fourth-order valence-electron chi connectivity index (χ4n) is 2.19. The number of aromatic nitrogens is 2. The first-order valence-corrected chi connectivity index (χ1v) is 7.02. The Morgan fingerprint density at radius 2 is 2.10 bits per heavy atom. The van der Waals surface area contributed by atoms with Crippen molar-refractivity contribution in [3.05, 3.63) is 46.8 Å². The van der Waals surface area contributed by atoms with Crippen LogP contribution in [0, 0.1) is 6.92 Å². The summed E-state index contributed by atoms with van der Waals surface area (Å²) in [6, 6.07) is 8.16. The molecule has 4 heteroatoms. The van der Waals surface area contributed by atoms with Crippen molar-refractivity contribution >= 4 is 0 Å². The molecule has 0 bridgehead atoms. The molecule has 1 unspecified atom stereocenters. The SMILES string of the molecule is CCc1cc(COc2ccc(C)cc2C(C)N)n(C)n1. The van der Waals surface area contributed by atoms with Gasteiger partial charge >= 0.3 is 0 Å². The van der Waals surface area contributed by atoms with Crippen LogP contribution in [0.3, 0.4) is 0 Å². The van der Waals surface area contributed by atoms with Crippen molar-refractivity contribution in [3.8, 4) is 5.75 Å². The first-order valence-electron chi connectivity index (χ1n) is 7.02. The van der Waals surface area contributed by atoms with Crippen molar-refractivity contribution in [2.24, 2.45) is 12.8 Å². The highest BCUT2D eigenvalue weighted by Gasteiger charge is 2.10. The van der Waals surface area contributed by atoms with Crippen LogP contribution in [-0.2, 0) is 20.1 Å². The molecule has 2 N–H and O–H groups in total. The second kappa shape index (κ2) is 6.09. The maximum atomic E-state index is 6.01. The molecular weight excluding hydrogens is 250 g/mol. The van der Waals surface area contributed by atoms with E-state index in [4.69, 9.17) is 10.5 Å². The number of hydrogen-bond acceptors (Lipinski definition) is 3. The molecule has 1 aromatic heterocycles. The number of hydrogen-bond donors (Lipinski definition) is 1. The number of nitrogens with zero attached hydrogens (tertiary/aromatic N) is 2. The van der Waals surface area contributed by atoms with Crippen molar-refractivity contribution in [2.45, 2.75) is 39.8 Å². The third kappa shape index (κ3) is 3.20. The summed E-state index contributed by atoms with van der Waals surface area (Å²) in [6.07, 6.45) is 0.934. The number of nitrogens with two attached hydrogens (primary N) is 1. The lowest BCUT2D eigenvalue weighted by Crippen LogP contribution is -2.09. The van der Waals surface area contributed by atoms with E-state index in [0.717, 1.165) is 29.1 Å². The molecule has 108 valence electrons. The second-order valence-electron chi connectivity index (χ2n) is 5.22. The standard InChI is InChI=1S/C16H23N3O/c1-5-13-9-14(19(4)18-13)10-20-16-7-6-11(2)8-15(16)12(3)17/h6-9,12H,5,10,17H2,1-4H3. The van der Waals surface area contributed by atoms with Gasteiger partial charge in [0.2, 0.25) is 0 Å². The zero-order chi connectivity index (χ0) is 14.7. The molecule has 0 amide bonds. The summed E-state index contributed by atoms with van der Waals surface area (Å²) >= 11 is 0. The Balaban J connectivity index is 2.16. The average Bonchev–Trinajstić information content (AvgIpc) is 2.78. The Bertz CT molecular complexity index is 587. The Labute approximate surface area is 120 Å². The van der Waals surface area contributed by atoms with Gasteiger partial charge in [-0.05, 0) is 32.4 Å². The van der Waals surface area contributed by atoms with E-state index in [1.54, 1.807) is 0 Å². The smallest absolute Gasteiger partial charge is 0.130 e. The Morgan fingerprint density at radius 1 is 1.35 bits per heavy atom. The highest BCUT2D eigenvalue weighted by atomic mass is 16.5. The molecule has 2 aromatic rings. The van der Waals surface area contributed by atoms with Crippen LogP contribution in [0.1, 0.15) is 42.4 Å². The van der Waals surface area contributed by atoms with Crippen LogP contribution in [0.4, 0.5) is 0 Å². The van der Waals surface area contributed by atoms with Gasteiger partial charge in [0.05, 0.1) is 11.4 Å². The molecule has 0 saturated carbocycles. The van der Waals surface area contributed by atoms with E-state index in [-0.39, 0.29) is 6.04 Å². The summed E-state index contributed by atoms with van der Waals surface area (Å²) in [6.45, 7) is 6.64. The summed E-state index contributed by atoms with van der Waals surface area (Å²) in [5, 5.41) is 4.43. The van der Waals surface area contributed by atoms with Crippen LogP contribution in [0.15, 0.2) is 24.3 Å². The third-order valence-electron chi connectivity index (χ3n) is 3.42. The molecule has 1 heterocycles. The fraction of sp³-hybridized carbons (Fsp3) is 0.438. The van der Waals surface area contributed by atoms with Gasteiger partial charge in [0.1, 0.15) is 12.4 Å². The zero-order valence-electron chi connectivity index (χ0n) is 12.7. The van der Waals surface area contributed by atoms with Crippen molar-refractivity contribution < 1.29 is 4.74 Å². The van der Waals surface area contributed by atoms with E-state index >= 15 is 0 Å². The van der Waals surface area contributed by atoms with Gasteiger partial charge in [-0.1, -0.05) is 24.6 Å². The highest BCUT2D eigenvalue weighted by Crippen LogP contribution is 2.25. The van der Waals surface area contributed by atoms with Gasteiger partial charge in [0, 0.05) is 18.7 Å².